The third kappa shape index (κ3) is 9.54. The number of ether oxygens (including phenoxy) is 4. The Morgan fingerprint density at radius 2 is 1.78 bits per heavy atom. The summed E-state index contributed by atoms with van der Waals surface area (Å²) in [6.07, 6.45) is 12.2. The van der Waals surface area contributed by atoms with Crippen LogP contribution in [0.3, 0.4) is 0 Å². The number of aliphatic hydroxyl groups excluding tert-OH is 1. The van der Waals surface area contributed by atoms with Gasteiger partial charge >= 0.3 is 0 Å². The molecule has 0 spiro atoms. The lowest BCUT2D eigenvalue weighted by atomic mass is 9.62. The van der Waals surface area contributed by atoms with Crippen LogP contribution in [-0.2, 0) is 24.0 Å². The number of nitrogens with zero attached hydrogens (tertiary/aromatic N) is 1. The zero-order valence-corrected chi connectivity index (χ0v) is 42.9. The number of phenolic OH excluding ortho intramolecular Hbond substituents is 2. The molecule has 0 aromatic heterocycles. The summed E-state index contributed by atoms with van der Waals surface area (Å²) >= 11 is 0. The molecular formula is C60H73N5O8. The van der Waals surface area contributed by atoms with Gasteiger partial charge in [-0.05, 0) is 139 Å². The zero-order valence-electron chi connectivity index (χ0n) is 42.9. The highest BCUT2D eigenvalue weighted by atomic mass is 16.6. The maximum absolute atomic E-state index is 11.8. The van der Waals surface area contributed by atoms with Gasteiger partial charge in [0.15, 0.2) is 17.6 Å². The van der Waals surface area contributed by atoms with Crippen LogP contribution in [0.1, 0.15) is 129 Å². The van der Waals surface area contributed by atoms with E-state index in [0.29, 0.717) is 88.3 Å². The Balaban J connectivity index is 1.12. The summed E-state index contributed by atoms with van der Waals surface area (Å²) in [6.45, 7) is 8.54. The first kappa shape index (κ1) is 49.8. The van der Waals surface area contributed by atoms with Crippen LogP contribution in [0.25, 0.3) is 23.3 Å². The molecule has 7 unspecified atom stereocenters. The molecule has 1 saturated carbocycles. The number of benzene rings is 4. The average molecular weight is 992 g/mol. The molecule has 4 heterocycles. The van der Waals surface area contributed by atoms with Gasteiger partial charge in [-0.25, -0.2) is 0 Å². The van der Waals surface area contributed by atoms with E-state index in [1.54, 1.807) is 6.07 Å². The largest absolute Gasteiger partial charge is 0.507 e. The van der Waals surface area contributed by atoms with Gasteiger partial charge in [0.25, 0.3) is 0 Å². The van der Waals surface area contributed by atoms with Gasteiger partial charge < -0.3 is 50.0 Å². The first-order valence-corrected chi connectivity index (χ1v) is 26.9. The van der Waals surface area contributed by atoms with Crippen molar-refractivity contribution >= 4 is 12.2 Å². The molecule has 13 nitrogen and oxygen atoms in total. The third-order valence-electron chi connectivity index (χ3n) is 16.5. The summed E-state index contributed by atoms with van der Waals surface area (Å²) in [5, 5.41) is 61.9. The summed E-state index contributed by atoms with van der Waals surface area (Å²) in [6, 6.07) is 15.7. The van der Waals surface area contributed by atoms with Gasteiger partial charge in [0, 0.05) is 66.8 Å². The molecule has 4 aliphatic heterocycles. The van der Waals surface area contributed by atoms with E-state index in [1.807, 2.05) is 32.2 Å². The lowest BCUT2D eigenvalue weighted by Crippen LogP contribution is -2.62. The molecule has 1 fully saturated rings. The van der Waals surface area contributed by atoms with E-state index in [-0.39, 0.29) is 43.3 Å². The predicted octanol–water partition coefficient (Wildman–Crippen LogP) is 6.30. The van der Waals surface area contributed by atoms with E-state index in [0.717, 1.165) is 73.7 Å². The van der Waals surface area contributed by atoms with E-state index in [4.69, 9.17) is 23.9 Å². The molecule has 3 aliphatic carbocycles. The fourth-order valence-corrected chi connectivity index (χ4v) is 13.4. The average Bonchev–Trinajstić information content (AvgIpc) is 3.86. The van der Waals surface area contributed by atoms with Crippen molar-refractivity contribution in [1.82, 2.24) is 21.3 Å². The Bertz CT molecular complexity index is 2970. The first-order valence-electron chi connectivity index (χ1n) is 26.9. The van der Waals surface area contributed by atoms with Crippen molar-refractivity contribution in [2.24, 2.45) is 10.9 Å². The van der Waals surface area contributed by atoms with E-state index in [2.05, 4.69) is 83.4 Å². The van der Waals surface area contributed by atoms with E-state index in [9.17, 15) is 20.4 Å². The second-order valence-electron chi connectivity index (χ2n) is 22.2. The van der Waals surface area contributed by atoms with Gasteiger partial charge in [0.2, 0.25) is 0 Å². The van der Waals surface area contributed by atoms with Gasteiger partial charge in [0.1, 0.15) is 35.0 Å². The number of hydrogen-bond acceptors (Lipinski definition) is 13. The number of hydrogen-bond donors (Lipinski definition) is 8. The quantitative estimate of drug-likeness (QED) is 0.0380. The Morgan fingerprint density at radius 1 is 0.945 bits per heavy atom. The Labute approximate surface area is 429 Å². The van der Waals surface area contributed by atoms with Crippen LogP contribution >= 0.6 is 0 Å². The summed E-state index contributed by atoms with van der Waals surface area (Å²) < 4.78 is 28.6. The Morgan fingerprint density at radius 3 is 2.60 bits per heavy atom. The molecule has 386 valence electrons. The second-order valence-corrected chi connectivity index (χ2v) is 22.2. The van der Waals surface area contributed by atoms with Crippen LogP contribution in [0, 0.1) is 17.8 Å². The predicted molar refractivity (Wildman–Crippen MR) is 283 cm³/mol. The van der Waals surface area contributed by atoms with Crippen LogP contribution in [0.4, 0.5) is 0 Å². The number of aromatic hydroxyl groups is 2. The third-order valence-corrected chi connectivity index (χ3v) is 16.5. The van der Waals surface area contributed by atoms with Crippen LogP contribution in [0.5, 0.6) is 28.7 Å². The molecule has 4 aromatic rings. The van der Waals surface area contributed by atoms with Gasteiger partial charge in [-0.1, -0.05) is 69.2 Å². The van der Waals surface area contributed by atoms with Crippen molar-refractivity contribution < 1.29 is 39.4 Å². The van der Waals surface area contributed by atoms with Gasteiger partial charge in [-0.2, -0.15) is 0 Å². The Hall–Kier alpha value is -5.43. The molecule has 2 bridgehead atoms. The van der Waals surface area contributed by atoms with Crippen molar-refractivity contribution in [2.45, 2.75) is 139 Å². The minimum absolute atomic E-state index is 0.0355. The molecule has 0 saturated heterocycles. The SMILES string of the molecule is CNCC1=Cc2c(O)ccc3c2C(Cc2c4c(c5c(c2-3)OC(CO)CC5)OC2c3ccc(O)c(c3)OCCC#CC(NCNCC(C)(O)CC(C)C)C2(OCNC2CCCCC2)C4)C1c1ccc2c(c1)=CCN=2. The lowest BCUT2D eigenvalue weighted by Gasteiger charge is -2.50. The molecule has 13 heteroatoms. The molecule has 7 atom stereocenters. The number of likely N-dealkylation sites (N-methyl/N-ethyl adjacent to an activating group) is 1. The summed E-state index contributed by atoms with van der Waals surface area (Å²) in [4.78, 5) is 4.74. The highest BCUT2D eigenvalue weighted by Gasteiger charge is 2.55. The van der Waals surface area contributed by atoms with E-state index in [1.165, 1.54) is 30.4 Å². The molecule has 11 rings (SSSR count). The van der Waals surface area contributed by atoms with Crippen LogP contribution in [0.15, 0.2) is 59.1 Å². The van der Waals surface area contributed by atoms with Crippen LogP contribution < -0.4 is 46.1 Å². The number of phenols is 2. The smallest absolute Gasteiger partial charge is 0.161 e. The second kappa shape index (κ2) is 20.7. The normalized spacial score (nSPS) is 25.4. The summed E-state index contributed by atoms with van der Waals surface area (Å²) in [5.74, 6) is 9.42. The number of nitrogens with one attached hydrogen (secondary N) is 4. The van der Waals surface area contributed by atoms with Gasteiger partial charge in [0.05, 0.1) is 37.4 Å². The highest BCUT2D eigenvalue weighted by Crippen LogP contribution is 2.62. The standard InChI is InChI=1S/C60H73N5O8/c1-35(2)28-59(3,69)32-62-33-64-52-12-8-9-23-70-51-26-38(14-19-50(51)68)58-60(52,71-34-65-40-10-6-5-7-11-40)29-47-44-27-46-53(37-13-18-48-36(24-37)21-22-63-48)39(30-61-4)25-45-49(67)20-17-42(54(45)46)55(44)57-43(56(47)73-58)16-15-41(31-66)72-57/h13-14,17-21,24-26,35,40-41,46,52-53,58,61-62,64-69H,5-7,9-11,15-16,22-23,27-34H2,1-4H3. The molecule has 4 aromatic carbocycles. The molecular weight excluding hydrogens is 919 g/mol. The van der Waals surface area contributed by atoms with Crippen LogP contribution in [-0.4, -0.2) is 103 Å². The van der Waals surface area contributed by atoms with Crippen LogP contribution in [0.2, 0.25) is 0 Å². The monoisotopic (exact) mass is 992 g/mol. The van der Waals surface area contributed by atoms with E-state index < -0.39 is 29.5 Å². The maximum atomic E-state index is 11.8. The van der Waals surface area contributed by atoms with Crippen molar-refractivity contribution in [3.8, 4) is 51.7 Å². The molecule has 8 N–H and O–H groups in total. The molecule has 0 amide bonds. The number of fused-ring (bicyclic) bond motifs is 12. The van der Waals surface area contributed by atoms with Crippen molar-refractivity contribution in [1.29, 1.82) is 0 Å². The maximum Gasteiger partial charge on any atom is 0.161 e. The minimum atomic E-state index is -1.18. The molecule has 7 aliphatic rings. The zero-order chi connectivity index (χ0) is 50.4. The van der Waals surface area contributed by atoms with Crippen molar-refractivity contribution in [3.05, 3.63) is 104 Å². The minimum Gasteiger partial charge on any atom is -0.507 e. The van der Waals surface area contributed by atoms with Crippen molar-refractivity contribution in [2.75, 3.05) is 53.3 Å². The Kier molecular flexibility index (Phi) is 14.1. The number of aliphatic hydroxyl groups is 2. The van der Waals surface area contributed by atoms with E-state index >= 15 is 0 Å². The number of rotatable bonds is 15. The first-order chi connectivity index (χ1) is 35.4. The lowest BCUT2D eigenvalue weighted by molar-refractivity contribution is -0.144. The topological polar surface area (TPSA) is 178 Å². The molecule has 73 heavy (non-hydrogen) atoms. The van der Waals surface area contributed by atoms with Gasteiger partial charge in [-0.3, -0.25) is 15.6 Å². The summed E-state index contributed by atoms with van der Waals surface area (Å²) in [5.41, 5.74) is 8.04. The molecule has 0 radical (unpaired) electrons. The fraction of sp³-hybridized carbons (Fsp3) is 0.517. The van der Waals surface area contributed by atoms with Gasteiger partial charge in [-0.15, -0.1) is 0 Å². The highest BCUT2D eigenvalue weighted by molar-refractivity contribution is 5.89. The van der Waals surface area contributed by atoms with Crippen molar-refractivity contribution in [3.63, 3.8) is 0 Å². The fourth-order valence-electron chi connectivity index (χ4n) is 13.4. The summed E-state index contributed by atoms with van der Waals surface area (Å²) in [7, 11) is 1.98.